The molecule has 0 radical (unpaired) electrons. The van der Waals surface area contributed by atoms with Gasteiger partial charge in [-0.3, -0.25) is 0 Å². The Labute approximate surface area is 60.6 Å². The van der Waals surface area contributed by atoms with Crippen LogP contribution in [-0.2, 0) is 0 Å². The van der Waals surface area contributed by atoms with Crippen LogP contribution < -0.4 is 5.32 Å². The highest BCUT2D eigenvalue weighted by Gasteiger charge is 2.29. The summed E-state index contributed by atoms with van der Waals surface area (Å²) in [6.45, 7) is 2.55. The quantitative estimate of drug-likeness (QED) is 0.542. The molecule has 2 fully saturated rings. The number of hydrogen-bond donors (Lipinski definition) is 1. The van der Waals surface area contributed by atoms with Gasteiger partial charge in [-0.25, -0.2) is 0 Å². The second-order valence-corrected chi connectivity index (χ2v) is 4.13. The van der Waals surface area contributed by atoms with Crippen molar-refractivity contribution in [3.8, 4) is 0 Å². The van der Waals surface area contributed by atoms with Crippen LogP contribution >= 0.6 is 11.8 Å². The predicted octanol–water partition coefficient (Wildman–Crippen LogP) is 0.959. The number of fused-ring (bicyclic) bond motifs is 1. The van der Waals surface area contributed by atoms with Crippen LogP contribution in [0.1, 0.15) is 6.42 Å². The summed E-state index contributed by atoms with van der Waals surface area (Å²) in [5, 5.41) is 3.44. The highest BCUT2D eigenvalue weighted by atomic mass is 32.2. The van der Waals surface area contributed by atoms with Gasteiger partial charge < -0.3 is 5.32 Å². The van der Waals surface area contributed by atoms with Gasteiger partial charge in [-0.1, -0.05) is 0 Å². The van der Waals surface area contributed by atoms with Crippen molar-refractivity contribution in [2.75, 3.05) is 24.6 Å². The van der Waals surface area contributed by atoms with Crippen LogP contribution in [0, 0.1) is 11.8 Å². The zero-order chi connectivity index (χ0) is 6.10. The Kier molecular flexibility index (Phi) is 1.68. The minimum atomic E-state index is 1.02. The fraction of sp³-hybridized carbons (Fsp3) is 1.00. The van der Waals surface area contributed by atoms with Crippen LogP contribution in [0.15, 0.2) is 0 Å². The number of piperidine rings is 1. The third-order valence-electron chi connectivity index (χ3n) is 2.43. The highest BCUT2D eigenvalue weighted by Crippen LogP contribution is 2.33. The minimum absolute atomic E-state index is 1.02. The molecule has 0 aromatic rings. The SMILES string of the molecule is C1C[C@H]2CSC[C@@H]2CN1. The lowest BCUT2D eigenvalue weighted by atomic mass is 9.90. The van der Waals surface area contributed by atoms with Crippen molar-refractivity contribution < 1.29 is 0 Å². The standard InChI is InChI=1S/C7H13NS/c1-2-8-3-7-5-9-4-6(1)7/h6-8H,1-5H2/t6-,7-/m0/s1. The van der Waals surface area contributed by atoms with E-state index in [1.54, 1.807) is 0 Å². The Hall–Kier alpha value is 0.310. The van der Waals surface area contributed by atoms with Gasteiger partial charge in [0.05, 0.1) is 0 Å². The first kappa shape index (κ1) is 6.05. The van der Waals surface area contributed by atoms with E-state index in [0.717, 1.165) is 11.8 Å². The Morgan fingerprint density at radius 3 is 3.00 bits per heavy atom. The molecule has 0 amide bonds. The highest BCUT2D eigenvalue weighted by molar-refractivity contribution is 7.99. The zero-order valence-corrected chi connectivity index (χ0v) is 6.41. The van der Waals surface area contributed by atoms with E-state index >= 15 is 0 Å². The van der Waals surface area contributed by atoms with Crippen LogP contribution in [0.2, 0.25) is 0 Å². The third-order valence-corrected chi connectivity index (χ3v) is 3.76. The van der Waals surface area contributed by atoms with Crippen molar-refractivity contribution in [1.29, 1.82) is 0 Å². The Morgan fingerprint density at radius 1 is 1.22 bits per heavy atom. The smallest absolute Gasteiger partial charge is 0.000966 e. The van der Waals surface area contributed by atoms with Crippen molar-refractivity contribution in [1.82, 2.24) is 5.32 Å². The van der Waals surface area contributed by atoms with E-state index in [-0.39, 0.29) is 0 Å². The fourth-order valence-corrected chi connectivity index (χ4v) is 3.33. The van der Waals surface area contributed by atoms with E-state index in [1.807, 2.05) is 0 Å². The molecule has 9 heavy (non-hydrogen) atoms. The molecule has 2 atom stereocenters. The van der Waals surface area contributed by atoms with E-state index in [9.17, 15) is 0 Å². The van der Waals surface area contributed by atoms with Crippen LogP contribution in [-0.4, -0.2) is 24.6 Å². The van der Waals surface area contributed by atoms with Gasteiger partial charge in [-0.15, -0.1) is 0 Å². The van der Waals surface area contributed by atoms with Gasteiger partial charge in [0.2, 0.25) is 0 Å². The average Bonchev–Trinajstić information content (AvgIpc) is 2.33. The lowest BCUT2D eigenvalue weighted by Gasteiger charge is -2.24. The summed E-state index contributed by atoms with van der Waals surface area (Å²) in [5.41, 5.74) is 0. The van der Waals surface area contributed by atoms with E-state index < -0.39 is 0 Å². The first-order chi connectivity index (χ1) is 4.47. The number of hydrogen-bond acceptors (Lipinski definition) is 2. The van der Waals surface area contributed by atoms with Gasteiger partial charge in [-0.05, 0) is 42.9 Å². The molecule has 0 aliphatic carbocycles. The summed E-state index contributed by atoms with van der Waals surface area (Å²) in [7, 11) is 0. The normalized spacial score (nSPS) is 42.7. The van der Waals surface area contributed by atoms with E-state index in [2.05, 4.69) is 17.1 Å². The molecule has 52 valence electrons. The molecule has 2 heteroatoms. The Bertz CT molecular complexity index is 93.1. The van der Waals surface area contributed by atoms with Gasteiger partial charge >= 0.3 is 0 Å². The average molecular weight is 143 g/mol. The largest absolute Gasteiger partial charge is 0.316 e. The lowest BCUT2D eigenvalue weighted by molar-refractivity contribution is 0.318. The van der Waals surface area contributed by atoms with E-state index in [0.29, 0.717) is 0 Å². The summed E-state index contributed by atoms with van der Waals surface area (Å²) in [4.78, 5) is 0. The van der Waals surface area contributed by atoms with Crippen molar-refractivity contribution in [2.24, 2.45) is 11.8 Å². The summed E-state index contributed by atoms with van der Waals surface area (Å²) in [5.74, 6) is 4.93. The molecule has 0 unspecified atom stereocenters. The molecule has 1 N–H and O–H groups in total. The van der Waals surface area contributed by atoms with Crippen molar-refractivity contribution >= 4 is 11.8 Å². The molecular formula is C7H13NS. The van der Waals surface area contributed by atoms with Crippen LogP contribution in [0.4, 0.5) is 0 Å². The van der Waals surface area contributed by atoms with Gasteiger partial charge in [0.25, 0.3) is 0 Å². The molecule has 2 rings (SSSR count). The van der Waals surface area contributed by atoms with Gasteiger partial charge in [0.1, 0.15) is 0 Å². The maximum atomic E-state index is 3.44. The monoisotopic (exact) mass is 143 g/mol. The summed E-state index contributed by atoms with van der Waals surface area (Å²) < 4.78 is 0. The number of thioether (sulfide) groups is 1. The zero-order valence-electron chi connectivity index (χ0n) is 5.60. The lowest BCUT2D eigenvalue weighted by Crippen LogP contribution is -2.35. The third kappa shape index (κ3) is 1.10. The Balaban J connectivity index is 1.97. The molecule has 0 aromatic carbocycles. The van der Waals surface area contributed by atoms with Crippen LogP contribution in [0.3, 0.4) is 0 Å². The van der Waals surface area contributed by atoms with Crippen molar-refractivity contribution in [3.05, 3.63) is 0 Å². The first-order valence-electron chi connectivity index (χ1n) is 3.75. The maximum Gasteiger partial charge on any atom is -0.000966 e. The van der Waals surface area contributed by atoms with Gasteiger partial charge in [0, 0.05) is 0 Å². The summed E-state index contributed by atoms with van der Waals surface area (Å²) >= 11 is 2.14. The maximum absolute atomic E-state index is 3.44. The molecule has 1 nitrogen and oxygen atoms in total. The van der Waals surface area contributed by atoms with Gasteiger partial charge in [-0.2, -0.15) is 11.8 Å². The molecular weight excluding hydrogens is 130 g/mol. The molecule has 2 saturated heterocycles. The fourth-order valence-electron chi connectivity index (χ4n) is 1.76. The van der Waals surface area contributed by atoms with Gasteiger partial charge in [0.15, 0.2) is 0 Å². The topological polar surface area (TPSA) is 12.0 Å². The second kappa shape index (κ2) is 2.51. The molecule has 2 aliphatic heterocycles. The molecule has 2 aliphatic rings. The molecule has 0 spiro atoms. The predicted molar refractivity (Wildman–Crippen MR) is 41.8 cm³/mol. The van der Waals surface area contributed by atoms with Crippen molar-refractivity contribution in [2.45, 2.75) is 6.42 Å². The molecule has 0 aromatic heterocycles. The van der Waals surface area contributed by atoms with E-state index in [1.165, 1.54) is 31.0 Å². The van der Waals surface area contributed by atoms with Crippen LogP contribution in [0.5, 0.6) is 0 Å². The van der Waals surface area contributed by atoms with E-state index in [4.69, 9.17) is 0 Å². The summed E-state index contributed by atoms with van der Waals surface area (Å²) in [6, 6.07) is 0. The van der Waals surface area contributed by atoms with Crippen molar-refractivity contribution in [3.63, 3.8) is 0 Å². The second-order valence-electron chi connectivity index (χ2n) is 3.05. The molecule has 0 saturated carbocycles. The number of nitrogens with one attached hydrogen (secondary N) is 1. The minimum Gasteiger partial charge on any atom is -0.316 e. The molecule has 0 bridgehead atoms. The van der Waals surface area contributed by atoms with Crippen LogP contribution in [0.25, 0.3) is 0 Å². The first-order valence-corrected chi connectivity index (χ1v) is 4.91. The summed E-state index contributed by atoms with van der Waals surface area (Å²) in [6.07, 6.45) is 1.43. The molecule has 2 heterocycles. The number of rotatable bonds is 0. The Morgan fingerprint density at radius 2 is 2.11 bits per heavy atom.